The molecule has 1 unspecified atom stereocenters. The van der Waals surface area contributed by atoms with Crippen LogP contribution in [0.25, 0.3) is 11.0 Å². The Hall–Kier alpha value is -2.65. The molecule has 0 spiro atoms. The lowest BCUT2D eigenvalue weighted by Crippen LogP contribution is -2.25. The lowest BCUT2D eigenvalue weighted by Gasteiger charge is -2.36. The van der Waals surface area contributed by atoms with Crippen molar-refractivity contribution in [1.29, 1.82) is 0 Å². The van der Waals surface area contributed by atoms with E-state index >= 15 is 0 Å². The maximum atomic E-state index is 12.5. The average molecular weight is 499 g/mol. The Morgan fingerprint density at radius 3 is 2.64 bits per heavy atom. The average Bonchev–Trinajstić information content (AvgIpc) is 3.02. The van der Waals surface area contributed by atoms with Crippen molar-refractivity contribution in [3.05, 3.63) is 64.5 Å². The standard InChI is InChI=1S/C20H22N2O9S2/c23-17-10-13(3-6-16(17)22-12-19(24)21-33(22,28)29)2-1-9-30-32(26,27)15-5-7-18-14(11-15)4-8-20(25)31-18/h3-8,10-11,19,21,23-24,28-29H,1-2,9,12H2. The van der Waals surface area contributed by atoms with Crippen molar-refractivity contribution in [2.75, 3.05) is 17.5 Å². The molecule has 0 aliphatic carbocycles. The van der Waals surface area contributed by atoms with Gasteiger partial charge >= 0.3 is 5.63 Å². The van der Waals surface area contributed by atoms with Gasteiger partial charge in [0.05, 0.1) is 18.0 Å². The quantitative estimate of drug-likeness (QED) is 0.184. The first-order valence-corrected chi connectivity index (χ1v) is 12.7. The number of β-amino-alcohol motifs (C(OH)–C–C–N with tert-alkyl or cyclic N) is 1. The summed E-state index contributed by atoms with van der Waals surface area (Å²) in [6.45, 7) is -0.211. The fourth-order valence-corrected chi connectivity index (χ4v) is 5.76. The van der Waals surface area contributed by atoms with Gasteiger partial charge in [-0.15, -0.1) is 0 Å². The first-order valence-electron chi connectivity index (χ1n) is 9.82. The molecule has 2 heterocycles. The van der Waals surface area contributed by atoms with Crippen LogP contribution in [0.5, 0.6) is 5.75 Å². The van der Waals surface area contributed by atoms with Crippen LogP contribution in [-0.4, -0.2) is 47.1 Å². The van der Waals surface area contributed by atoms with Crippen LogP contribution >= 0.6 is 11.0 Å². The number of benzene rings is 2. The SMILES string of the molecule is O=c1ccc2cc(S(=O)(=O)OCCCc3ccc(N4CC(O)NS4(O)O)c(O)c3)ccc2o1. The molecule has 0 bridgehead atoms. The Morgan fingerprint density at radius 2 is 1.94 bits per heavy atom. The molecule has 33 heavy (non-hydrogen) atoms. The molecule has 5 N–H and O–H groups in total. The number of aliphatic hydroxyl groups excluding tert-OH is 1. The molecule has 1 fully saturated rings. The molecular weight excluding hydrogens is 476 g/mol. The maximum Gasteiger partial charge on any atom is 0.336 e. The van der Waals surface area contributed by atoms with Gasteiger partial charge in [0.25, 0.3) is 10.1 Å². The van der Waals surface area contributed by atoms with Crippen molar-refractivity contribution in [3.63, 3.8) is 0 Å². The predicted octanol–water partition coefficient (Wildman–Crippen LogP) is 2.15. The number of aryl methyl sites for hydroxylation is 1. The van der Waals surface area contributed by atoms with Crippen LogP contribution < -0.4 is 14.7 Å². The molecule has 2 aromatic carbocycles. The largest absolute Gasteiger partial charge is 0.506 e. The molecule has 1 atom stereocenters. The van der Waals surface area contributed by atoms with Gasteiger partial charge in [0.15, 0.2) is 0 Å². The van der Waals surface area contributed by atoms with Crippen LogP contribution in [0.1, 0.15) is 12.0 Å². The number of hydrogen-bond acceptors (Lipinski definition) is 11. The molecule has 11 nitrogen and oxygen atoms in total. The fraction of sp³-hybridized carbons (Fsp3) is 0.250. The number of phenols is 1. The molecule has 0 radical (unpaired) electrons. The van der Waals surface area contributed by atoms with Gasteiger partial charge in [0.2, 0.25) is 0 Å². The van der Waals surface area contributed by atoms with Gasteiger partial charge in [0, 0.05) is 11.5 Å². The lowest BCUT2D eigenvalue weighted by atomic mass is 10.1. The summed E-state index contributed by atoms with van der Waals surface area (Å²) in [7, 11) is -7.46. The van der Waals surface area contributed by atoms with Crippen molar-refractivity contribution in [2.24, 2.45) is 0 Å². The van der Waals surface area contributed by atoms with Crippen molar-refractivity contribution in [2.45, 2.75) is 24.0 Å². The maximum absolute atomic E-state index is 12.5. The monoisotopic (exact) mass is 498 g/mol. The van der Waals surface area contributed by atoms with E-state index in [9.17, 15) is 32.5 Å². The Kier molecular flexibility index (Phi) is 6.37. The number of fused-ring (bicyclic) bond motifs is 1. The summed E-state index contributed by atoms with van der Waals surface area (Å²) in [4.78, 5) is 11.2. The van der Waals surface area contributed by atoms with Gasteiger partial charge in [-0.3, -0.25) is 17.6 Å². The van der Waals surface area contributed by atoms with Crippen LogP contribution in [0, 0.1) is 0 Å². The first-order chi connectivity index (χ1) is 15.5. The van der Waals surface area contributed by atoms with Gasteiger partial charge in [-0.1, -0.05) is 17.0 Å². The molecular formula is C20H22N2O9S2. The van der Waals surface area contributed by atoms with E-state index in [0.717, 1.165) is 4.31 Å². The fourth-order valence-electron chi connectivity index (χ4n) is 3.43. The second-order valence-corrected chi connectivity index (χ2v) is 10.7. The summed E-state index contributed by atoms with van der Waals surface area (Å²) in [6.07, 6.45) is -0.419. The van der Waals surface area contributed by atoms with E-state index in [2.05, 4.69) is 4.72 Å². The second kappa shape index (κ2) is 8.95. The molecule has 1 aromatic heterocycles. The Bertz CT molecular complexity index is 1340. The van der Waals surface area contributed by atoms with Crippen LogP contribution in [-0.2, 0) is 20.7 Å². The van der Waals surface area contributed by atoms with E-state index in [4.69, 9.17) is 8.60 Å². The number of nitrogens with one attached hydrogen (secondary N) is 1. The number of phenolic OH excluding ortho intramolecular Hbond substituents is 1. The molecule has 178 valence electrons. The van der Waals surface area contributed by atoms with Crippen molar-refractivity contribution in [1.82, 2.24) is 4.72 Å². The van der Waals surface area contributed by atoms with E-state index in [0.29, 0.717) is 23.8 Å². The Balaban J connectivity index is 1.36. The summed E-state index contributed by atoms with van der Waals surface area (Å²) in [5, 5.41) is 20.3. The van der Waals surface area contributed by atoms with Crippen molar-refractivity contribution in [3.8, 4) is 5.75 Å². The summed E-state index contributed by atoms with van der Waals surface area (Å²) in [5.41, 5.74) is 0.567. The number of aromatic hydroxyl groups is 1. The van der Waals surface area contributed by atoms with Gasteiger partial charge in [0.1, 0.15) is 23.2 Å². The van der Waals surface area contributed by atoms with Crippen molar-refractivity contribution < 1.29 is 36.3 Å². The molecule has 0 amide bonds. The topological polar surface area (TPSA) is 170 Å². The van der Waals surface area contributed by atoms with Crippen LogP contribution in [0.4, 0.5) is 5.69 Å². The third-order valence-electron chi connectivity index (χ3n) is 4.98. The Labute approximate surface area is 190 Å². The van der Waals surface area contributed by atoms with Crippen molar-refractivity contribution >= 4 is 37.7 Å². The smallest absolute Gasteiger partial charge is 0.336 e. The third kappa shape index (κ3) is 5.14. The zero-order valence-corrected chi connectivity index (χ0v) is 18.8. The predicted molar refractivity (Wildman–Crippen MR) is 121 cm³/mol. The highest BCUT2D eigenvalue weighted by Crippen LogP contribution is 2.49. The Morgan fingerprint density at radius 1 is 1.15 bits per heavy atom. The van der Waals surface area contributed by atoms with Crippen LogP contribution in [0.2, 0.25) is 0 Å². The number of hydrogen-bond donors (Lipinski definition) is 5. The summed E-state index contributed by atoms with van der Waals surface area (Å²) >= 11 is 0. The van der Waals surface area contributed by atoms with Gasteiger partial charge in [-0.05, 0) is 54.8 Å². The van der Waals surface area contributed by atoms with Crippen LogP contribution in [0.3, 0.4) is 0 Å². The molecule has 1 aliphatic rings. The highest BCUT2D eigenvalue weighted by molar-refractivity contribution is 8.24. The van der Waals surface area contributed by atoms with Crippen LogP contribution in [0.15, 0.2) is 62.6 Å². The second-order valence-electron chi connectivity index (χ2n) is 7.37. The van der Waals surface area contributed by atoms with Gasteiger partial charge in [-0.2, -0.15) is 13.1 Å². The summed E-state index contributed by atoms with van der Waals surface area (Å²) in [5.74, 6) is -0.209. The third-order valence-corrected chi connectivity index (χ3v) is 7.83. The minimum Gasteiger partial charge on any atom is -0.506 e. The first kappa shape index (κ1) is 23.5. The minimum absolute atomic E-state index is 0.0637. The molecule has 4 rings (SSSR count). The molecule has 0 saturated carbocycles. The number of aliphatic hydroxyl groups is 1. The number of anilines is 1. The minimum atomic E-state index is -4.02. The number of nitrogens with zero attached hydrogens (tertiary/aromatic N) is 1. The normalized spacial score (nSPS) is 19.1. The molecule has 3 aromatic rings. The lowest BCUT2D eigenvalue weighted by molar-refractivity contribution is 0.182. The highest BCUT2D eigenvalue weighted by atomic mass is 32.3. The molecule has 1 aliphatic heterocycles. The van der Waals surface area contributed by atoms with E-state index in [1.807, 2.05) is 0 Å². The molecule has 1 saturated heterocycles. The van der Waals surface area contributed by atoms with E-state index in [1.165, 1.54) is 42.5 Å². The molecule has 13 heteroatoms. The summed E-state index contributed by atoms with van der Waals surface area (Å²) < 4.78 is 58.3. The van der Waals surface area contributed by atoms with E-state index < -0.39 is 32.9 Å². The summed E-state index contributed by atoms with van der Waals surface area (Å²) in [6, 6.07) is 11.3. The van der Waals surface area contributed by atoms with Gasteiger partial charge in [-0.25, -0.2) is 4.79 Å². The van der Waals surface area contributed by atoms with E-state index in [-0.39, 0.29) is 35.1 Å². The van der Waals surface area contributed by atoms with Gasteiger partial charge < -0.3 is 14.6 Å². The number of rotatable bonds is 7. The zero-order chi connectivity index (χ0) is 23.8. The highest BCUT2D eigenvalue weighted by Gasteiger charge is 2.36. The zero-order valence-electron chi connectivity index (χ0n) is 17.1. The van der Waals surface area contributed by atoms with E-state index in [1.54, 1.807) is 6.07 Å².